The molecule has 3 heteroatoms. The van der Waals surface area contributed by atoms with Crippen LogP contribution < -0.4 is 5.23 Å². The lowest BCUT2D eigenvalue weighted by atomic mass is 9.72. The molecular formula is C22H27BNO. The SMILES string of the molecule is [B]1N[C@H](C2CCCCC2)C(Cc2ccccc2)(Cc2ccccc2)O1. The van der Waals surface area contributed by atoms with Crippen LogP contribution in [0.1, 0.15) is 43.2 Å². The van der Waals surface area contributed by atoms with Crippen molar-refractivity contribution in [2.45, 2.75) is 56.6 Å². The standard InChI is InChI=1S/C22H27BNO/c1-4-10-18(11-5-1)16-22(17-19-12-6-2-7-13-19)21(24-23-25-22)20-14-8-3-9-15-20/h1-2,4-7,10-13,20-21,24H,3,8-9,14-17H2/t21-/m1/s1. The molecule has 1 saturated carbocycles. The van der Waals surface area contributed by atoms with Crippen molar-refractivity contribution in [2.24, 2.45) is 5.92 Å². The van der Waals surface area contributed by atoms with E-state index in [1.165, 1.54) is 43.2 Å². The van der Waals surface area contributed by atoms with Crippen molar-refractivity contribution >= 4 is 7.62 Å². The monoisotopic (exact) mass is 332 g/mol. The highest BCUT2D eigenvalue weighted by Crippen LogP contribution is 2.38. The smallest absolute Gasteiger partial charge is 0.396 e. The van der Waals surface area contributed by atoms with Gasteiger partial charge in [0.15, 0.2) is 0 Å². The maximum Gasteiger partial charge on any atom is 0.396 e. The fraction of sp³-hybridized carbons (Fsp3) is 0.455. The normalized spacial score (nSPS) is 23.3. The number of benzene rings is 2. The Balaban J connectivity index is 1.64. The van der Waals surface area contributed by atoms with E-state index in [1.807, 2.05) is 7.62 Å². The van der Waals surface area contributed by atoms with Crippen molar-refractivity contribution in [3.05, 3.63) is 71.8 Å². The number of nitrogens with one attached hydrogen (secondary N) is 1. The molecule has 2 aromatic carbocycles. The van der Waals surface area contributed by atoms with Gasteiger partial charge in [0.1, 0.15) is 0 Å². The molecule has 2 nitrogen and oxygen atoms in total. The first kappa shape index (κ1) is 16.9. The highest BCUT2D eigenvalue weighted by Gasteiger charge is 2.47. The van der Waals surface area contributed by atoms with Crippen LogP contribution in [0.4, 0.5) is 0 Å². The van der Waals surface area contributed by atoms with Crippen molar-refractivity contribution in [2.75, 3.05) is 0 Å². The molecule has 1 N–H and O–H groups in total. The van der Waals surface area contributed by atoms with E-state index in [0.717, 1.165) is 12.8 Å². The lowest BCUT2D eigenvalue weighted by Gasteiger charge is -2.41. The molecule has 0 amide bonds. The van der Waals surface area contributed by atoms with E-state index in [0.29, 0.717) is 12.0 Å². The highest BCUT2D eigenvalue weighted by molar-refractivity contribution is 6.25. The van der Waals surface area contributed by atoms with E-state index in [9.17, 15) is 0 Å². The van der Waals surface area contributed by atoms with Crippen molar-refractivity contribution in [1.29, 1.82) is 0 Å². The van der Waals surface area contributed by atoms with E-state index in [-0.39, 0.29) is 5.60 Å². The summed E-state index contributed by atoms with van der Waals surface area (Å²) in [5.74, 6) is 0.708. The van der Waals surface area contributed by atoms with Gasteiger partial charge in [-0.05, 0) is 29.9 Å². The Bertz CT molecular complexity index is 613. The van der Waals surface area contributed by atoms with E-state index in [4.69, 9.17) is 4.65 Å². The van der Waals surface area contributed by atoms with Crippen LogP contribution >= 0.6 is 0 Å². The van der Waals surface area contributed by atoms with Crippen LogP contribution in [0.5, 0.6) is 0 Å². The van der Waals surface area contributed by atoms with Crippen LogP contribution in [-0.4, -0.2) is 19.3 Å². The average Bonchev–Trinajstić information content (AvgIpc) is 3.07. The molecule has 0 bridgehead atoms. The maximum atomic E-state index is 6.38. The molecule has 25 heavy (non-hydrogen) atoms. The van der Waals surface area contributed by atoms with Gasteiger partial charge in [0.25, 0.3) is 0 Å². The molecule has 0 spiro atoms. The van der Waals surface area contributed by atoms with Gasteiger partial charge < -0.3 is 9.88 Å². The van der Waals surface area contributed by atoms with Crippen LogP contribution in [0.2, 0.25) is 0 Å². The average molecular weight is 332 g/mol. The second-order valence-corrected chi connectivity index (χ2v) is 7.67. The fourth-order valence-corrected chi connectivity index (χ4v) is 4.73. The molecule has 2 fully saturated rings. The summed E-state index contributed by atoms with van der Waals surface area (Å²) in [6.07, 6.45) is 8.64. The molecule has 4 rings (SSSR count). The predicted octanol–water partition coefficient (Wildman–Crippen LogP) is 4.31. The summed E-state index contributed by atoms with van der Waals surface area (Å²) in [6.45, 7) is 0. The van der Waals surface area contributed by atoms with Crippen LogP contribution in [0.25, 0.3) is 0 Å². The van der Waals surface area contributed by atoms with E-state index in [1.54, 1.807) is 0 Å². The molecule has 2 aliphatic rings. The first-order chi connectivity index (χ1) is 12.4. The first-order valence-electron chi connectivity index (χ1n) is 9.69. The zero-order chi connectivity index (χ0) is 17.0. The lowest BCUT2D eigenvalue weighted by Crippen LogP contribution is -2.52. The second-order valence-electron chi connectivity index (χ2n) is 7.67. The van der Waals surface area contributed by atoms with Crippen LogP contribution in [0, 0.1) is 5.92 Å². The summed E-state index contributed by atoms with van der Waals surface area (Å²) >= 11 is 0. The van der Waals surface area contributed by atoms with Gasteiger partial charge in [-0.1, -0.05) is 79.9 Å². The number of rotatable bonds is 5. The van der Waals surface area contributed by atoms with Gasteiger partial charge in [0.2, 0.25) is 0 Å². The Morgan fingerprint density at radius 3 is 1.96 bits per heavy atom. The van der Waals surface area contributed by atoms with Crippen molar-refractivity contribution < 1.29 is 4.65 Å². The molecule has 1 heterocycles. The largest absolute Gasteiger partial charge is 0.416 e. The van der Waals surface area contributed by atoms with E-state index >= 15 is 0 Å². The zero-order valence-electron chi connectivity index (χ0n) is 14.9. The second kappa shape index (κ2) is 7.76. The summed E-state index contributed by atoms with van der Waals surface area (Å²) in [7, 11) is 1.87. The summed E-state index contributed by atoms with van der Waals surface area (Å²) in [6, 6.07) is 22.0. The molecular weight excluding hydrogens is 305 g/mol. The van der Waals surface area contributed by atoms with E-state index in [2.05, 4.69) is 65.9 Å². The van der Waals surface area contributed by atoms with Gasteiger partial charge in [-0.25, -0.2) is 0 Å². The fourth-order valence-electron chi connectivity index (χ4n) is 4.73. The highest BCUT2D eigenvalue weighted by atomic mass is 16.5. The third kappa shape index (κ3) is 3.83. The quantitative estimate of drug-likeness (QED) is 0.824. The Hall–Kier alpha value is -1.58. The molecule has 1 radical (unpaired) electrons. The summed E-state index contributed by atoms with van der Waals surface area (Å²) < 4.78 is 6.38. The first-order valence-corrected chi connectivity index (χ1v) is 9.69. The van der Waals surface area contributed by atoms with Gasteiger partial charge in [-0.2, -0.15) is 0 Å². The van der Waals surface area contributed by atoms with Gasteiger partial charge in [0.05, 0.1) is 5.60 Å². The minimum atomic E-state index is -0.190. The molecule has 1 aliphatic carbocycles. The topological polar surface area (TPSA) is 21.3 Å². The summed E-state index contributed by atoms with van der Waals surface area (Å²) in [5, 5.41) is 3.61. The van der Waals surface area contributed by atoms with Gasteiger partial charge in [0, 0.05) is 18.9 Å². The van der Waals surface area contributed by atoms with Gasteiger partial charge in [-0.3, -0.25) is 0 Å². The zero-order valence-corrected chi connectivity index (χ0v) is 14.9. The minimum Gasteiger partial charge on any atom is -0.416 e. The number of hydrogen-bond acceptors (Lipinski definition) is 2. The minimum absolute atomic E-state index is 0.190. The summed E-state index contributed by atoms with van der Waals surface area (Å²) in [5.41, 5.74) is 2.53. The van der Waals surface area contributed by atoms with Gasteiger partial charge in [-0.15, -0.1) is 0 Å². The molecule has 0 unspecified atom stereocenters. The van der Waals surface area contributed by atoms with Crippen molar-refractivity contribution in [1.82, 2.24) is 5.23 Å². The van der Waals surface area contributed by atoms with Crippen LogP contribution in [0.15, 0.2) is 60.7 Å². The molecule has 0 aromatic heterocycles. The predicted molar refractivity (Wildman–Crippen MR) is 103 cm³/mol. The molecule has 2 aromatic rings. The van der Waals surface area contributed by atoms with Crippen LogP contribution in [-0.2, 0) is 17.5 Å². The van der Waals surface area contributed by atoms with Crippen molar-refractivity contribution in [3.63, 3.8) is 0 Å². The maximum absolute atomic E-state index is 6.38. The third-order valence-corrected chi connectivity index (χ3v) is 5.92. The molecule has 1 atom stereocenters. The molecule has 1 saturated heterocycles. The molecule has 129 valence electrons. The Morgan fingerprint density at radius 1 is 0.840 bits per heavy atom. The number of hydrogen-bond donors (Lipinski definition) is 1. The Morgan fingerprint density at radius 2 is 1.40 bits per heavy atom. The van der Waals surface area contributed by atoms with Crippen LogP contribution in [0.3, 0.4) is 0 Å². The van der Waals surface area contributed by atoms with E-state index < -0.39 is 0 Å². The Labute approximate surface area is 152 Å². The Kier molecular flexibility index (Phi) is 5.24. The van der Waals surface area contributed by atoms with Gasteiger partial charge >= 0.3 is 7.62 Å². The lowest BCUT2D eigenvalue weighted by molar-refractivity contribution is 0.0437. The molecule has 1 aliphatic heterocycles. The van der Waals surface area contributed by atoms with Crippen molar-refractivity contribution in [3.8, 4) is 0 Å². The summed E-state index contributed by atoms with van der Waals surface area (Å²) in [4.78, 5) is 0. The third-order valence-electron chi connectivity index (χ3n) is 5.92.